The lowest BCUT2D eigenvalue weighted by molar-refractivity contribution is 0.807. The van der Waals surface area contributed by atoms with Crippen LogP contribution < -0.4 is 10.2 Å². The van der Waals surface area contributed by atoms with Crippen molar-refractivity contribution in [3.05, 3.63) is 53.3 Å². The topological polar surface area (TPSA) is 52.0 Å². The summed E-state index contributed by atoms with van der Waals surface area (Å²) in [6.07, 6.45) is 4.74. The molecule has 1 saturated heterocycles. The van der Waals surface area contributed by atoms with Gasteiger partial charge in [0, 0.05) is 31.0 Å². The molecule has 2 heterocycles. The van der Waals surface area contributed by atoms with Crippen LogP contribution in [0.1, 0.15) is 12.0 Å². The van der Waals surface area contributed by atoms with Crippen LogP contribution in [0.2, 0.25) is 5.02 Å². The molecule has 0 radical (unpaired) electrons. The first-order chi connectivity index (χ1) is 10.3. The van der Waals surface area contributed by atoms with E-state index >= 15 is 0 Å². The van der Waals surface area contributed by atoms with E-state index < -0.39 is 0 Å². The van der Waals surface area contributed by atoms with Crippen molar-refractivity contribution in [1.29, 1.82) is 5.26 Å². The largest absolute Gasteiger partial charge is 0.380 e. The smallest absolute Gasteiger partial charge is 0.101 e. The Kier molecular flexibility index (Phi) is 3.94. The Hall–Kier alpha value is -2.25. The molecule has 21 heavy (non-hydrogen) atoms. The summed E-state index contributed by atoms with van der Waals surface area (Å²) >= 11 is 6.06. The number of pyridine rings is 1. The van der Waals surface area contributed by atoms with Crippen LogP contribution in [0.25, 0.3) is 0 Å². The molecule has 0 amide bonds. The fourth-order valence-corrected chi connectivity index (χ4v) is 2.81. The highest BCUT2D eigenvalue weighted by molar-refractivity contribution is 6.32. The molecule has 1 aromatic heterocycles. The average molecular weight is 299 g/mol. The monoisotopic (exact) mass is 298 g/mol. The van der Waals surface area contributed by atoms with Gasteiger partial charge in [-0.25, -0.2) is 0 Å². The van der Waals surface area contributed by atoms with Crippen molar-refractivity contribution >= 4 is 23.0 Å². The molecule has 1 fully saturated rings. The maximum Gasteiger partial charge on any atom is 0.101 e. The first kappa shape index (κ1) is 13.7. The molecule has 4 nitrogen and oxygen atoms in total. The van der Waals surface area contributed by atoms with Gasteiger partial charge in [0.2, 0.25) is 0 Å². The predicted octanol–water partition coefficient (Wildman–Crippen LogP) is 3.30. The molecular weight excluding hydrogens is 284 g/mol. The summed E-state index contributed by atoms with van der Waals surface area (Å²) in [6.45, 7) is 1.94. The first-order valence-electron chi connectivity index (χ1n) is 6.87. The lowest BCUT2D eigenvalue weighted by Gasteiger charge is -2.19. The molecule has 2 aromatic rings. The number of anilines is 2. The molecule has 0 unspecified atom stereocenters. The van der Waals surface area contributed by atoms with Crippen molar-refractivity contribution in [2.45, 2.75) is 12.5 Å². The zero-order chi connectivity index (χ0) is 14.7. The molecule has 0 saturated carbocycles. The van der Waals surface area contributed by atoms with Crippen LogP contribution in [0.5, 0.6) is 0 Å². The van der Waals surface area contributed by atoms with Gasteiger partial charge in [0.05, 0.1) is 22.5 Å². The minimum atomic E-state index is 0.370. The number of nitriles is 1. The predicted molar refractivity (Wildman–Crippen MR) is 84.6 cm³/mol. The number of nitrogens with one attached hydrogen (secondary N) is 1. The Morgan fingerprint density at radius 3 is 3.00 bits per heavy atom. The normalized spacial score (nSPS) is 17.5. The van der Waals surface area contributed by atoms with E-state index in [2.05, 4.69) is 27.3 Å². The Bertz CT molecular complexity index is 666. The summed E-state index contributed by atoms with van der Waals surface area (Å²) in [5.41, 5.74) is 2.61. The summed E-state index contributed by atoms with van der Waals surface area (Å²) in [5.74, 6) is 0. The number of aromatic nitrogens is 1. The average Bonchev–Trinajstić information content (AvgIpc) is 2.97. The van der Waals surface area contributed by atoms with Crippen LogP contribution in [0.15, 0.2) is 42.7 Å². The van der Waals surface area contributed by atoms with Gasteiger partial charge in [0.25, 0.3) is 0 Å². The van der Waals surface area contributed by atoms with Gasteiger partial charge in [-0.05, 0) is 36.8 Å². The second-order valence-electron chi connectivity index (χ2n) is 5.09. The number of halogens is 1. The van der Waals surface area contributed by atoms with Crippen LogP contribution in [0.3, 0.4) is 0 Å². The van der Waals surface area contributed by atoms with Crippen molar-refractivity contribution in [2.75, 3.05) is 23.3 Å². The number of hydrogen-bond donors (Lipinski definition) is 1. The summed E-state index contributed by atoms with van der Waals surface area (Å²) < 4.78 is 0. The van der Waals surface area contributed by atoms with E-state index in [0.717, 1.165) is 30.9 Å². The van der Waals surface area contributed by atoms with Crippen molar-refractivity contribution in [3.63, 3.8) is 0 Å². The highest BCUT2D eigenvalue weighted by atomic mass is 35.5. The molecule has 0 aliphatic carbocycles. The van der Waals surface area contributed by atoms with Gasteiger partial charge in [-0.3, -0.25) is 4.98 Å². The van der Waals surface area contributed by atoms with Crippen LogP contribution in [-0.4, -0.2) is 24.1 Å². The van der Waals surface area contributed by atoms with Crippen molar-refractivity contribution in [3.8, 4) is 6.07 Å². The molecule has 1 N–H and O–H groups in total. The lowest BCUT2D eigenvalue weighted by atomic mass is 10.2. The SMILES string of the molecule is N#Cc1ccc(N[C@H]2CCN(c3cccnc3)C2)cc1Cl. The van der Waals surface area contributed by atoms with Crippen molar-refractivity contribution < 1.29 is 0 Å². The third-order valence-corrected chi connectivity index (χ3v) is 3.97. The van der Waals surface area contributed by atoms with E-state index in [0.29, 0.717) is 16.6 Å². The minimum Gasteiger partial charge on any atom is -0.380 e. The molecule has 1 atom stereocenters. The van der Waals surface area contributed by atoms with Gasteiger partial charge in [-0.2, -0.15) is 5.26 Å². The first-order valence-corrected chi connectivity index (χ1v) is 7.25. The highest BCUT2D eigenvalue weighted by Crippen LogP contribution is 2.24. The molecule has 0 bridgehead atoms. The maximum atomic E-state index is 8.89. The van der Waals surface area contributed by atoms with Gasteiger partial charge >= 0.3 is 0 Å². The van der Waals surface area contributed by atoms with Gasteiger partial charge in [0.1, 0.15) is 6.07 Å². The molecule has 3 rings (SSSR count). The molecular formula is C16H15ClN4. The molecule has 1 aliphatic heterocycles. The fraction of sp³-hybridized carbons (Fsp3) is 0.250. The number of hydrogen-bond acceptors (Lipinski definition) is 4. The standard InChI is InChI=1S/C16H15ClN4/c17-16-8-13(4-3-12(16)9-18)20-14-5-7-21(11-14)15-2-1-6-19-10-15/h1-4,6,8,10,14,20H,5,7,11H2/t14-/m0/s1. The number of rotatable bonds is 3. The summed E-state index contributed by atoms with van der Waals surface area (Å²) in [5, 5.41) is 12.9. The second kappa shape index (κ2) is 6.02. The number of benzene rings is 1. The Morgan fingerprint density at radius 2 is 2.29 bits per heavy atom. The lowest BCUT2D eigenvalue weighted by Crippen LogP contribution is -2.26. The van der Waals surface area contributed by atoms with E-state index in [4.69, 9.17) is 16.9 Å². The van der Waals surface area contributed by atoms with Gasteiger partial charge in [0.15, 0.2) is 0 Å². The Balaban J connectivity index is 1.65. The van der Waals surface area contributed by atoms with Gasteiger partial charge < -0.3 is 10.2 Å². The van der Waals surface area contributed by atoms with Crippen LogP contribution >= 0.6 is 11.6 Å². The summed E-state index contributed by atoms with van der Waals surface area (Å²) in [4.78, 5) is 6.47. The zero-order valence-electron chi connectivity index (χ0n) is 11.5. The van der Waals surface area contributed by atoms with Crippen LogP contribution in [0, 0.1) is 11.3 Å². The van der Waals surface area contributed by atoms with E-state index in [1.807, 2.05) is 24.4 Å². The van der Waals surface area contributed by atoms with Gasteiger partial charge in [-0.1, -0.05) is 11.6 Å². The van der Waals surface area contributed by atoms with Crippen molar-refractivity contribution in [1.82, 2.24) is 4.98 Å². The third-order valence-electron chi connectivity index (χ3n) is 3.66. The summed E-state index contributed by atoms with van der Waals surface area (Å²) in [6, 6.07) is 11.9. The second-order valence-corrected chi connectivity index (χ2v) is 5.50. The molecule has 106 valence electrons. The molecule has 1 aliphatic rings. The zero-order valence-corrected chi connectivity index (χ0v) is 12.2. The quantitative estimate of drug-likeness (QED) is 0.944. The van der Waals surface area contributed by atoms with Gasteiger partial charge in [-0.15, -0.1) is 0 Å². The molecule has 1 aromatic carbocycles. The summed E-state index contributed by atoms with van der Waals surface area (Å²) in [7, 11) is 0. The Morgan fingerprint density at radius 1 is 1.38 bits per heavy atom. The van der Waals surface area contributed by atoms with Crippen LogP contribution in [-0.2, 0) is 0 Å². The highest BCUT2D eigenvalue weighted by Gasteiger charge is 2.22. The van der Waals surface area contributed by atoms with E-state index in [-0.39, 0.29) is 0 Å². The van der Waals surface area contributed by atoms with Crippen LogP contribution in [0.4, 0.5) is 11.4 Å². The van der Waals surface area contributed by atoms with E-state index in [1.165, 1.54) is 0 Å². The molecule has 0 spiro atoms. The third kappa shape index (κ3) is 3.09. The van der Waals surface area contributed by atoms with E-state index in [1.54, 1.807) is 12.3 Å². The minimum absolute atomic E-state index is 0.370. The van der Waals surface area contributed by atoms with Crippen molar-refractivity contribution in [2.24, 2.45) is 0 Å². The number of nitrogens with zero attached hydrogens (tertiary/aromatic N) is 3. The fourth-order valence-electron chi connectivity index (χ4n) is 2.58. The maximum absolute atomic E-state index is 8.89. The molecule has 5 heteroatoms. The Labute approximate surface area is 129 Å². The van der Waals surface area contributed by atoms with E-state index in [9.17, 15) is 0 Å².